The van der Waals surface area contributed by atoms with Crippen LogP contribution in [0.25, 0.3) is 0 Å². The fourth-order valence-electron chi connectivity index (χ4n) is 1.72. The molecule has 1 aromatic carbocycles. The van der Waals surface area contributed by atoms with E-state index in [0.717, 1.165) is 18.7 Å². The van der Waals surface area contributed by atoms with Crippen molar-refractivity contribution in [1.29, 1.82) is 0 Å². The maximum Gasteiger partial charge on any atom is 0.312 e. The van der Waals surface area contributed by atoms with E-state index in [1.165, 1.54) is 0 Å². The van der Waals surface area contributed by atoms with E-state index in [-0.39, 0.29) is 0 Å². The molecule has 0 aliphatic carbocycles. The van der Waals surface area contributed by atoms with E-state index in [4.69, 9.17) is 0 Å². The van der Waals surface area contributed by atoms with Crippen molar-refractivity contribution in [3.8, 4) is 0 Å². The van der Waals surface area contributed by atoms with Crippen LogP contribution in [0.3, 0.4) is 0 Å². The number of rotatable bonds is 7. The van der Waals surface area contributed by atoms with Crippen LogP contribution in [0.2, 0.25) is 0 Å². The van der Waals surface area contributed by atoms with Gasteiger partial charge in [-0.15, -0.1) is 0 Å². The highest BCUT2D eigenvalue weighted by Crippen LogP contribution is 2.16. The fraction of sp³-hybridized carbons (Fsp3) is 0.462. The van der Waals surface area contributed by atoms with Crippen LogP contribution in [0, 0.1) is 0 Å². The van der Waals surface area contributed by atoms with Crippen molar-refractivity contribution in [2.24, 2.45) is 0 Å². The molecule has 0 fully saturated rings. The van der Waals surface area contributed by atoms with Gasteiger partial charge in [0.25, 0.3) is 0 Å². The van der Waals surface area contributed by atoms with Crippen molar-refractivity contribution in [3.63, 3.8) is 0 Å². The molecule has 4 nitrogen and oxygen atoms in total. The summed E-state index contributed by atoms with van der Waals surface area (Å²) < 4.78 is 0. The highest BCUT2D eigenvalue weighted by Gasteiger charge is 2.20. The van der Waals surface area contributed by atoms with Crippen LogP contribution >= 0.6 is 0 Å². The second-order valence-corrected chi connectivity index (χ2v) is 4.17. The average molecular weight is 236 g/mol. The zero-order valence-corrected chi connectivity index (χ0v) is 10.4. The summed E-state index contributed by atoms with van der Waals surface area (Å²) in [6, 6.07) is 9.38. The molecule has 0 amide bonds. The maximum atomic E-state index is 11.3. The molecule has 1 unspecified atom stereocenters. The quantitative estimate of drug-likeness (QED) is 0.742. The zero-order chi connectivity index (χ0) is 12.7. The van der Waals surface area contributed by atoms with Gasteiger partial charge >= 0.3 is 5.97 Å². The molecule has 0 aliphatic rings. The van der Waals surface area contributed by atoms with Gasteiger partial charge in [0.1, 0.15) is 0 Å². The number of nitrogens with one attached hydrogen (secondary N) is 1. The number of carbonyl (C=O) groups is 1. The Kier molecular flexibility index (Phi) is 5.66. The van der Waals surface area contributed by atoms with Gasteiger partial charge in [0.2, 0.25) is 0 Å². The second kappa shape index (κ2) is 7.04. The lowest BCUT2D eigenvalue weighted by molar-refractivity contribution is -0.139. The predicted molar refractivity (Wildman–Crippen MR) is 68.2 cm³/mol. The molecular formula is C13H20N2O2. The molecule has 0 spiro atoms. The molecule has 1 atom stereocenters. The van der Waals surface area contributed by atoms with Gasteiger partial charge in [0, 0.05) is 19.6 Å². The topological polar surface area (TPSA) is 52.6 Å². The van der Waals surface area contributed by atoms with Crippen molar-refractivity contribution in [2.75, 3.05) is 33.7 Å². The minimum absolute atomic E-state index is 0.460. The van der Waals surface area contributed by atoms with Gasteiger partial charge in [-0.1, -0.05) is 30.3 Å². The summed E-state index contributed by atoms with van der Waals surface area (Å²) in [5, 5.41) is 12.3. The number of benzene rings is 1. The van der Waals surface area contributed by atoms with Crippen LogP contribution in [0.5, 0.6) is 0 Å². The Morgan fingerprint density at radius 2 is 2.06 bits per heavy atom. The Hall–Kier alpha value is -1.39. The van der Waals surface area contributed by atoms with Gasteiger partial charge in [-0.3, -0.25) is 4.79 Å². The molecule has 4 heteroatoms. The highest BCUT2D eigenvalue weighted by molar-refractivity contribution is 5.76. The van der Waals surface area contributed by atoms with Gasteiger partial charge in [-0.25, -0.2) is 0 Å². The van der Waals surface area contributed by atoms with E-state index in [1.54, 1.807) is 0 Å². The fourth-order valence-corrected chi connectivity index (χ4v) is 1.72. The first kappa shape index (κ1) is 13.7. The summed E-state index contributed by atoms with van der Waals surface area (Å²) in [6.45, 7) is 2.23. The number of carboxylic acid groups (broad SMARTS) is 1. The van der Waals surface area contributed by atoms with Crippen molar-refractivity contribution >= 4 is 5.97 Å². The van der Waals surface area contributed by atoms with Crippen LogP contribution in [0.4, 0.5) is 0 Å². The Balaban J connectivity index is 2.65. The minimum Gasteiger partial charge on any atom is -0.481 e. The minimum atomic E-state index is -0.771. The third-order valence-corrected chi connectivity index (χ3v) is 2.74. The zero-order valence-electron chi connectivity index (χ0n) is 10.4. The van der Waals surface area contributed by atoms with Crippen molar-refractivity contribution < 1.29 is 9.90 Å². The summed E-state index contributed by atoms with van der Waals surface area (Å²) in [5.41, 5.74) is 0.858. The first-order chi connectivity index (χ1) is 8.15. The number of hydrogen-bond acceptors (Lipinski definition) is 3. The van der Waals surface area contributed by atoms with Crippen molar-refractivity contribution in [1.82, 2.24) is 10.2 Å². The number of carboxylic acids is 1. The van der Waals surface area contributed by atoms with Gasteiger partial charge in [-0.2, -0.15) is 0 Å². The van der Waals surface area contributed by atoms with E-state index < -0.39 is 11.9 Å². The first-order valence-corrected chi connectivity index (χ1v) is 5.76. The number of likely N-dealkylation sites (N-methyl/N-ethyl adjacent to an activating group) is 2. The Bertz CT molecular complexity index is 341. The molecule has 0 radical (unpaired) electrons. The van der Waals surface area contributed by atoms with E-state index in [9.17, 15) is 9.90 Å². The monoisotopic (exact) mass is 236 g/mol. The summed E-state index contributed by atoms with van der Waals surface area (Å²) in [4.78, 5) is 13.3. The molecule has 0 saturated heterocycles. The largest absolute Gasteiger partial charge is 0.481 e. The summed E-state index contributed by atoms with van der Waals surface area (Å²) in [5.74, 6) is -1.23. The Labute approximate surface area is 102 Å². The molecule has 0 bridgehead atoms. The normalized spacial score (nSPS) is 12.6. The summed E-state index contributed by atoms with van der Waals surface area (Å²) >= 11 is 0. The lowest BCUT2D eigenvalue weighted by Crippen LogP contribution is -2.33. The smallest absolute Gasteiger partial charge is 0.312 e. The second-order valence-electron chi connectivity index (χ2n) is 4.17. The SMILES string of the molecule is CNCCN(C)CC(C(=O)O)c1ccccc1. The van der Waals surface area contributed by atoms with Crippen molar-refractivity contribution in [2.45, 2.75) is 5.92 Å². The molecule has 2 N–H and O–H groups in total. The number of hydrogen-bond donors (Lipinski definition) is 2. The molecule has 1 rings (SSSR count). The standard InChI is InChI=1S/C13H20N2O2/c1-14-8-9-15(2)10-12(13(16)17)11-6-4-3-5-7-11/h3-7,12,14H,8-10H2,1-2H3,(H,16,17). The van der Waals surface area contributed by atoms with Crippen LogP contribution < -0.4 is 5.32 Å². The molecule has 0 aliphatic heterocycles. The van der Waals surface area contributed by atoms with E-state index >= 15 is 0 Å². The molecular weight excluding hydrogens is 216 g/mol. The van der Waals surface area contributed by atoms with Crippen LogP contribution in [0.1, 0.15) is 11.5 Å². The third kappa shape index (κ3) is 4.54. The van der Waals surface area contributed by atoms with Crippen LogP contribution in [-0.4, -0.2) is 49.7 Å². The molecule has 1 aromatic rings. The third-order valence-electron chi connectivity index (χ3n) is 2.74. The van der Waals surface area contributed by atoms with Gasteiger partial charge in [-0.05, 0) is 19.7 Å². The van der Waals surface area contributed by atoms with Gasteiger partial charge < -0.3 is 15.3 Å². The van der Waals surface area contributed by atoms with Gasteiger partial charge in [0.15, 0.2) is 0 Å². The molecule has 0 saturated carbocycles. The van der Waals surface area contributed by atoms with E-state index in [2.05, 4.69) is 5.32 Å². The Morgan fingerprint density at radius 1 is 1.41 bits per heavy atom. The van der Waals surface area contributed by atoms with Crippen molar-refractivity contribution in [3.05, 3.63) is 35.9 Å². The summed E-state index contributed by atoms with van der Waals surface area (Å²) in [7, 11) is 3.83. The maximum absolute atomic E-state index is 11.3. The molecule has 0 aromatic heterocycles. The average Bonchev–Trinajstić information content (AvgIpc) is 2.34. The molecule has 17 heavy (non-hydrogen) atoms. The first-order valence-electron chi connectivity index (χ1n) is 5.76. The summed E-state index contributed by atoms with van der Waals surface area (Å²) in [6.07, 6.45) is 0. The molecule has 0 heterocycles. The highest BCUT2D eigenvalue weighted by atomic mass is 16.4. The van der Waals surface area contributed by atoms with Crippen LogP contribution in [-0.2, 0) is 4.79 Å². The number of aliphatic carboxylic acids is 1. The lowest BCUT2D eigenvalue weighted by Gasteiger charge is -2.21. The van der Waals surface area contributed by atoms with Crippen LogP contribution in [0.15, 0.2) is 30.3 Å². The number of nitrogens with zero attached hydrogens (tertiary/aromatic N) is 1. The van der Waals surface area contributed by atoms with E-state index in [0.29, 0.717) is 6.54 Å². The lowest BCUT2D eigenvalue weighted by atomic mass is 9.99. The van der Waals surface area contributed by atoms with E-state index in [1.807, 2.05) is 49.3 Å². The molecule has 94 valence electrons. The predicted octanol–water partition coefficient (Wildman–Crippen LogP) is 1.01. The van der Waals surface area contributed by atoms with Gasteiger partial charge in [0.05, 0.1) is 5.92 Å². The Morgan fingerprint density at radius 3 is 2.59 bits per heavy atom.